The maximum atomic E-state index is 9.72. The van der Waals surface area contributed by atoms with Crippen molar-refractivity contribution in [1.82, 2.24) is 15.2 Å². The third kappa shape index (κ3) is 2.49. The van der Waals surface area contributed by atoms with E-state index >= 15 is 0 Å². The number of fused-ring (bicyclic) bond motifs is 2. The van der Waals surface area contributed by atoms with Gasteiger partial charge >= 0.3 is 0 Å². The first-order valence-corrected chi connectivity index (χ1v) is 8.71. The molecule has 130 valence electrons. The van der Waals surface area contributed by atoms with Crippen molar-refractivity contribution in [2.75, 3.05) is 0 Å². The highest BCUT2D eigenvalue weighted by molar-refractivity contribution is 6.30. The average molecular weight is 366 g/mol. The number of para-hydroxylation sites is 1. The lowest BCUT2D eigenvalue weighted by Crippen LogP contribution is -2.21. The van der Waals surface area contributed by atoms with Gasteiger partial charge in [-0.3, -0.25) is 5.10 Å². The van der Waals surface area contributed by atoms with Gasteiger partial charge in [0.25, 0.3) is 0 Å². The fraction of sp³-hybridized carbons (Fsp3) is 0.211. The predicted octanol–water partition coefficient (Wildman–Crippen LogP) is 3.78. The van der Waals surface area contributed by atoms with Crippen LogP contribution in [-0.4, -0.2) is 15.2 Å². The summed E-state index contributed by atoms with van der Waals surface area (Å²) in [4.78, 5) is 4.50. The Morgan fingerprint density at radius 2 is 2.19 bits per heavy atom. The Labute approximate surface area is 155 Å². The molecular formula is C19H16ClN5O. The Morgan fingerprint density at radius 3 is 2.96 bits per heavy atom. The van der Waals surface area contributed by atoms with Gasteiger partial charge in [0, 0.05) is 16.6 Å². The number of allylic oxidation sites excluding steroid dienone is 1. The molecule has 3 N–H and O–H groups in total. The quantitative estimate of drug-likeness (QED) is 0.688. The smallest absolute Gasteiger partial charge is 0.244 e. The number of H-pyrrole nitrogens is 1. The van der Waals surface area contributed by atoms with E-state index in [1.807, 2.05) is 30.3 Å². The van der Waals surface area contributed by atoms with Gasteiger partial charge in [0.05, 0.1) is 17.0 Å². The number of benzene rings is 1. The van der Waals surface area contributed by atoms with E-state index in [-0.39, 0.29) is 5.88 Å². The number of halogens is 1. The SMILES string of the molecule is CCCc1[nH]nc2c1[C@@H](c1cc3ccccc3nc1Cl)C(C#N)=C(N)O2. The fourth-order valence-electron chi connectivity index (χ4n) is 3.37. The number of aromatic nitrogens is 3. The van der Waals surface area contributed by atoms with Crippen LogP contribution in [0, 0.1) is 11.3 Å². The monoisotopic (exact) mass is 365 g/mol. The van der Waals surface area contributed by atoms with Crippen LogP contribution in [0.25, 0.3) is 10.9 Å². The Hall–Kier alpha value is -3.04. The number of aryl methyl sites for hydroxylation is 1. The fourth-order valence-corrected chi connectivity index (χ4v) is 3.63. The third-order valence-electron chi connectivity index (χ3n) is 4.53. The molecule has 0 amide bonds. The second-order valence-corrected chi connectivity index (χ2v) is 6.51. The summed E-state index contributed by atoms with van der Waals surface area (Å²) >= 11 is 6.51. The molecule has 6 nitrogen and oxygen atoms in total. The average Bonchev–Trinajstić information content (AvgIpc) is 3.02. The molecule has 7 heteroatoms. The standard InChI is InChI=1S/C19H16ClN5O/c1-2-5-14-16-15(12(9-21)18(22)26-19(16)25-24-14)11-8-10-6-3-4-7-13(10)23-17(11)20/h3-4,6-8,15H,2,5,22H2,1H3,(H,24,25)/t15-/m0/s1. The molecule has 1 aliphatic heterocycles. The summed E-state index contributed by atoms with van der Waals surface area (Å²) in [7, 11) is 0. The van der Waals surface area contributed by atoms with Crippen LogP contribution in [0.2, 0.25) is 5.15 Å². The minimum absolute atomic E-state index is 0.0452. The molecule has 3 heterocycles. The van der Waals surface area contributed by atoms with Crippen LogP contribution in [-0.2, 0) is 6.42 Å². The summed E-state index contributed by atoms with van der Waals surface area (Å²) in [5, 5.41) is 18.2. The lowest BCUT2D eigenvalue weighted by Gasteiger charge is -2.24. The van der Waals surface area contributed by atoms with E-state index in [9.17, 15) is 5.26 Å². The van der Waals surface area contributed by atoms with E-state index in [1.54, 1.807) is 0 Å². The summed E-state index contributed by atoms with van der Waals surface area (Å²) in [5.41, 5.74) is 9.54. The van der Waals surface area contributed by atoms with Crippen molar-refractivity contribution in [1.29, 1.82) is 5.26 Å². The van der Waals surface area contributed by atoms with E-state index < -0.39 is 5.92 Å². The summed E-state index contributed by atoms with van der Waals surface area (Å²) < 4.78 is 5.57. The first kappa shape index (κ1) is 16.4. The lowest BCUT2D eigenvalue weighted by molar-refractivity contribution is 0.378. The minimum Gasteiger partial charge on any atom is -0.420 e. The van der Waals surface area contributed by atoms with Gasteiger partial charge in [-0.05, 0) is 18.6 Å². The van der Waals surface area contributed by atoms with Crippen molar-refractivity contribution in [3.8, 4) is 11.9 Å². The van der Waals surface area contributed by atoms with Crippen LogP contribution < -0.4 is 10.5 Å². The molecule has 0 fully saturated rings. The van der Waals surface area contributed by atoms with E-state index in [0.717, 1.165) is 35.0 Å². The number of hydrogen-bond acceptors (Lipinski definition) is 5. The zero-order chi connectivity index (χ0) is 18.3. The molecule has 1 aromatic carbocycles. The summed E-state index contributed by atoms with van der Waals surface area (Å²) in [5.74, 6) is -0.0309. The first-order chi connectivity index (χ1) is 12.6. The number of ether oxygens (including phenoxy) is 1. The molecule has 26 heavy (non-hydrogen) atoms. The van der Waals surface area contributed by atoms with Crippen LogP contribution >= 0.6 is 11.6 Å². The summed E-state index contributed by atoms with van der Waals surface area (Å²) in [6, 6.07) is 11.8. The molecule has 0 saturated carbocycles. The molecule has 2 aromatic heterocycles. The van der Waals surface area contributed by atoms with Gasteiger partial charge in [-0.1, -0.05) is 43.1 Å². The van der Waals surface area contributed by atoms with Gasteiger partial charge in [0.15, 0.2) is 0 Å². The van der Waals surface area contributed by atoms with E-state index in [0.29, 0.717) is 22.2 Å². The first-order valence-electron chi connectivity index (χ1n) is 8.34. The van der Waals surface area contributed by atoms with Gasteiger partial charge in [-0.2, -0.15) is 5.26 Å². The topological polar surface area (TPSA) is 101 Å². The summed E-state index contributed by atoms with van der Waals surface area (Å²) in [6.45, 7) is 2.08. The molecule has 4 rings (SSSR count). The molecule has 1 atom stereocenters. The number of nitriles is 1. The number of nitrogens with one attached hydrogen (secondary N) is 1. The van der Waals surface area contributed by atoms with Crippen molar-refractivity contribution in [2.24, 2.45) is 5.73 Å². The molecule has 0 spiro atoms. The van der Waals surface area contributed by atoms with Crippen molar-refractivity contribution < 1.29 is 4.74 Å². The number of aromatic amines is 1. The highest BCUT2D eigenvalue weighted by Gasteiger charge is 2.36. The van der Waals surface area contributed by atoms with Crippen molar-refractivity contribution >= 4 is 22.5 Å². The second kappa shape index (κ2) is 6.36. The molecule has 3 aromatic rings. The predicted molar refractivity (Wildman–Crippen MR) is 98.6 cm³/mol. The molecule has 0 radical (unpaired) electrons. The van der Waals surface area contributed by atoms with Gasteiger partial charge in [0.1, 0.15) is 16.8 Å². The Kier molecular flexibility index (Phi) is 4.02. The van der Waals surface area contributed by atoms with Gasteiger partial charge < -0.3 is 10.5 Å². The molecule has 1 aliphatic rings. The Morgan fingerprint density at radius 1 is 1.38 bits per heavy atom. The normalized spacial score (nSPS) is 16.3. The van der Waals surface area contributed by atoms with Crippen molar-refractivity contribution in [2.45, 2.75) is 25.7 Å². The summed E-state index contributed by atoms with van der Waals surface area (Å²) in [6.07, 6.45) is 1.70. The van der Waals surface area contributed by atoms with E-state index in [4.69, 9.17) is 22.1 Å². The van der Waals surface area contributed by atoms with Crippen molar-refractivity contribution in [3.63, 3.8) is 0 Å². The number of nitrogens with zero attached hydrogens (tertiary/aromatic N) is 3. The maximum Gasteiger partial charge on any atom is 0.244 e. The number of hydrogen-bond donors (Lipinski definition) is 2. The zero-order valence-electron chi connectivity index (χ0n) is 14.1. The maximum absolute atomic E-state index is 9.72. The molecule has 0 bridgehead atoms. The number of pyridine rings is 1. The number of nitrogens with two attached hydrogens (primary N) is 1. The van der Waals surface area contributed by atoms with Crippen LogP contribution in [0.1, 0.15) is 36.1 Å². The highest BCUT2D eigenvalue weighted by Crippen LogP contribution is 2.45. The second-order valence-electron chi connectivity index (χ2n) is 6.16. The van der Waals surface area contributed by atoms with Crippen LogP contribution in [0.5, 0.6) is 5.88 Å². The van der Waals surface area contributed by atoms with Gasteiger partial charge in [-0.15, -0.1) is 5.10 Å². The molecule has 0 unspecified atom stereocenters. The zero-order valence-corrected chi connectivity index (χ0v) is 14.8. The van der Waals surface area contributed by atoms with Crippen LogP contribution in [0.3, 0.4) is 0 Å². The van der Waals surface area contributed by atoms with Crippen molar-refractivity contribution in [3.05, 3.63) is 63.8 Å². The molecule has 0 saturated heterocycles. The lowest BCUT2D eigenvalue weighted by atomic mass is 9.83. The van der Waals surface area contributed by atoms with Crippen LogP contribution in [0.4, 0.5) is 0 Å². The highest BCUT2D eigenvalue weighted by atomic mass is 35.5. The Balaban J connectivity index is 1.99. The third-order valence-corrected chi connectivity index (χ3v) is 4.84. The number of rotatable bonds is 3. The van der Waals surface area contributed by atoms with E-state index in [2.05, 4.69) is 28.2 Å². The largest absolute Gasteiger partial charge is 0.420 e. The van der Waals surface area contributed by atoms with Gasteiger partial charge in [-0.25, -0.2) is 4.98 Å². The molecular weight excluding hydrogens is 350 g/mol. The Bertz CT molecular complexity index is 1080. The molecule has 0 aliphatic carbocycles. The minimum atomic E-state index is -0.464. The van der Waals surface area contributed by atoms with Gasteiger partial charge in [0.2, 0.25) is 11.8 Å². The van der Waals surface area contributed by atoms with Crippen LogP contribution in [0.15, 0.2) is 41.8 Å². The van der Waals surface area contributed by atoms with E-state index in [1.165, 1.54) is 0 Å².